The zero-order valence-corrected chi connectivity index (χ0v) is 9.30. The standard InChI is InChI=1S/C9H16N2O2S/c1-10-6-9(13)11(7-8(10)12)4-2-3-5-14/h14H,2-7H2,1H3. The van der Waals surface area contributed by atoms with Gasteiger partial charge in [-0.1, -0.05) is 0 Å². The molecule has 1 aliphatic rings. The summed E-state index contributed by atoms with van der Waals surface area (Å²) in [6.07, 6.45) is 1.91. The molecule has 1 saturated heterocycles. The van der Waals surface area contributed by atoms with Crippen LogP contribution in [-0.2, 0) is 9.59 Å². The van der Waals surface area contributed by atoms with E-state index in [1.54, 1.807) is 11.9 Å². The van der Waals surface area contributed by atoms with Gasteiger partial charge in [0.25, 0.3) is 0 Å². The fourth-order valence-electron chi connectivity index (χ4n) is 1.38. The fraction of sp³-hybridized carbons (Fsp3) is 0.778. The Morgan fingerprint density at radius 1 is 1.21 bits per heavy atom. The van der Waals surface area contributed by atoms with Crippen LogP contribution in [0.1, 0.15) is 12.8 Å². The van der Waals surface area contributed by atoms with Gasteiger partial charge in [0.1, 0.15) is 0 Å². The van der Waals surface area contributed by atoms with E-state index in [-0.39, 0.29) is 24.9 Å². The maximum Gasteiger partial charge on any atom is 0.242 e. The van der Waals surface area contributed by atoms with Gasteiger partial charge in [-0.25, -0.2) is 0 Å². The van der Waals surface area contributed by atoms with Crippen LogP contribution in [-0.4, -0.2) is 54.0 Å². The number of carbonyl (C=O) groups excluding carboxylic acids is 2. The predicted octanol–water partition coefficient (Wildman–Crippen LogP) is -0.00300. The molecular formula is C9H16N2O2S. The van der Waals surface area contributed by atoms with Crippen molar-refractivity contribution in [3.8, 4) is 0 Å². The van der Waals surface area contributed by atoms with Gasteiger partial charge in [-0.3, -0.25) is 9.59 Å². The van der Waals surface area contributed by atoms with E-state index >= 15 is 0 Å². The average Bonchev–Trinajstić information content (AvgIpc) is 2.14. The average molecular weight is 216 g/mol. The molecule has 2 amide bonds. The predicted molar refractivity (Wildman–Crippen MR) is 57.3 cm³/mol. The van der Waals surface area contributed by atoms with Crippen LogP contribution in [0.2, 0.25) is 0 Å². The Bertz CT molecular complexity index is 233. The summed E-state index contributed by atoms with van der Waals surface area (Å²) < 4.78 is 0. The lowest BCUT2D eigenvalue weighted by molar-refractivity contribution is -0.148. The highest BCUT2D eigenvalue weighted by Gasteiger charge is 2.26. The minimum Gasteiger partial charge on any atom is -0.335 e. The highest BCUT2D eigenvalue weighted by Crippen LogP contribution is 2.04. The molecular weight excluding hydrogens is 200 g/mol. The van der Waals surface area contributed by atoms with Crippen LogP contribution in [0.5, 0.6) is 0 Å². The molecule has 0 radical (unpaired) electrons. The molecule has 5 heteroatoms. The Balaban J connectivity index is 2.37. The minimum atomic E-state index is 0.0236. The molecule has 0 spiro atoms. The van der Waals surface area contributed by atoms with E-state index in [0.717, 1.165) is 18.6 Å². The fourth-order valence-corrected chi connectivity index (χ4v) is 1.61. The third-order valence-corrected chi connectivity index (χ3v) is 2.63. The van der Waals surface area contributed by atoms with Crippen LogP contribution < -0.4 is 0 Å². The summed E-state index contributed by atoms with van der Waals surface area (Å²) in [5.74, 6) is 0.900. The third kappa shape index (κ3) is 2.90. The Labute approximate surface area is 89.7 Å². The summed E-state index contributed by atoms with van der Waals surface area (Å²) in [5.41, 5.74) is 0. The van der Waals surface area contributed by atoms with E-state index in [9.17, 15) is 9.59 Å². The van der Waals surface area contributed by atoms with Crippen molar-refractivity contribution < 1.29 is 9.59 Å². The number of amides is 2. The first-order chi connectivity index (χ1) is 6.65. The molecule has 0 atom stereocenters. The van der Waals surface area contributed by atoms with Crippen LogP contribution in [0.4, 0.5) is 0 Å². The van der Waals surface area contributed by atoms with Gasteiger partial charge in [0.2, 0.25) is 11.8 Å². The number of rotatable bonds is 4. The molecule has 0 aromatic carbocycles. The second-order valence-electron chi connectivity index (χ2n) is 3.50. The molecule has 14 heavy (non-hydrogen) atoms. The second-order valence-corrected chi connectivity index (χ2v) is 3.94. The SMILES string of the molecule is CN1CC(=O)N(CCCCS)CC1=O. The van der Waals surface area contributed by atoms with E-state index in [4.69, 9.17) is 0 Å². The number of thiol groups is 1. The zero-order valence-electron chi connectivity index (χ0n) is 8.40. The Kier molecular flexibility index (Phi) is 4.25. The first-order valence-corrected chi connectivity index (χ1v) is 5.41. The van der Waals surface area contributed by atoms with Gasteiger partial charge in [0.05, 0.1) is 13.1 Å². The van der Waals surface area contributed by atoms with E-state index in [2.05, 4.69) is 12.6 Å². The molecule has 1 fully saturated rings. The van der Waals surface area contributed by atoms with E-state index in [0.29, 0.717) is 6.54 Å². The van der Waals surface area contributed by atoms with Crippen molar-refractivity contribution >= 4 is 24.4 Å². The molecule has 0 aliphatic carbocycles. The monoisotopic (exact) mass is 216 g/mol. The summed E-state index contributed by atoms with van der Waals surface area (Å²) in [5, 5.41) is 0. The van der Waals surface area contributed by atoms with Crippen LogP contribution >= 0.6 is 12.6 Å². The summed E-state index contributed by atoms with van der Waals surface area (Å²) in [4.78, 5) is 25.9. The molecule has 0 unspecified atom stereocenters. The Morgan fingerprint density at radius 2 is 1.93 bits per heavy atom. The van der Waals surface area contributed by atoms with Gasteiger partial charge >= 0.3 is 0 Å². The van der Waals surface area contributed by atoms with Crippen molar-refractivity contribution in [2.75, 3.05) is 32.4 Å². The smallest absolute Gasteiger partial charge is 0.242 e. The summed E-state index contributed by atoms with van der Waals surface area (Å²) in [6, 6.07) is 0. The minimum absolute atomic E-state index is 0.0236. The van der Waals surface area contributed by atoms with Crippen molar-refractivity contribution in [3.63, 3.8) is 0 Å². The summed E-state index contributed by atoms with van der Waals surface area (Å²) >= 11 is 4.09. The lowest BCUT2D eigenvalue weighted by atomic mass is 10.2. The number of likely N-dealkylation sites (N-methyl/N-ethyl adjacent to an activating group) is 1. The van der Waals surface area contributed by atoms with Gasteiger partial charge in [-0.15, -0.1) is 0 Å². The normalized spacial score (nSPS) is 17.9. The lowest BCUT2D eigenvalue weighted by Gasteiger charge is -2.31. The molecule has 1 heterocycles. The van der Waals surface area contributed by atoms with Crippen molar-refractivity contribution in [3.05, 3.63) is 0 Å². The van der Waals surface area contributed by atoms with Gasteiger partial charge in [-0.2, -0.15) is 12.6 Å². The zero-order chi connectivity index (χ0) is 10.6. The molecule has 1 aliphatic heterocycles. The molecule has 80 valence electrons. The number of carbonyl (C=O) groups is 2. The van der Waals surface area contributed by atoms with Crippen molar-refractivity contribution in [2.24, 2.45) is 0 Å². The third-order valence-electron chi connectivity index (χ3n) is 2.31. The largest absolute Gasteiger partial charge is 0.335 e. The van der Waals surface area contributed by atoms with Gasteiger partial charge < -0.3 is 9.80 Å². The number of hydrogen-bond acceptors (Lipinski definition) is 3. The molecule has 0 saturated carbocycles. The molecule has 0 aromatic heterocycles. The number of unbranched alkanes of at least 4 members (excludes halogenated alkanes) is 1. The second kappa shape index (κ2) is 5.24. The molecule has 4 nitrogen and oxygen atoms in total. The van der Waals surface area contributed by atoms with Crippen molar-refractivity contribution in [2.45, 2.75) is 12.8 Å². The van der Waals surface area contributed by atoms with Gasteiger partial charge in [0, 0.05) is 13.6 Å². The van der Waals surface area contributed by atoms with Gasteiger partial charge in [0.15, 0.2) is 0 Å². The summed E-state index contributed by atoms with van der Waals surface area (Å²) in [6.45, 7) is 1.14. The van der Waals surface area contributed by atoms with Crippen molar-refractivity contribution in [1.29, 1.82) is 0 Å². The van der Waals surface area contributed by atoms with E-state index < -0.39 is 0 Å². The van der Waals surface area contributed by atoms with Crippen LogP contribution in [0, 0.1) is 0 Å². The van der Waals surface area contributed by atoms with Crippen molar-refractivity contribution in [1.82, 2.24) is 9.80 Å². The highest BCUT2D eigenvalue weighted by molar-refractivity contribution is 7.80. The van der Waals surface area contributed by atoms with Crippen LogP contribution in [0.15, 0.2) is 0 Å². The quantitative estimate of drug-likeness (QED) is 0.531. The number of piperazine rings is 1. The first-order valence-electron chi connectivity index (χ1n) is 4.77. The molecule has 0 bridgehead atoms. The van der Waals surface area contributed by atoms with Gasteiger partial charge in [-0.05, 0) is 18.6 Å². The topological polar surface area (TPSA) is 40.6 Å². The van der Waals surface area contributed by atoms with E-state index in [1.807, 2.05) is 0 Å². The summed E-state index contributed by atoms with van der Waals surface area (Å²) in [7, 11) is 1.66. The molecule has 0 N–H and O–H groups in total. The van der Waals surface area contributed by atoms with Crippen LogP contribution in [0.25, 0.3) is 0 Å². The number of nitrogens with zero attached hydrogens (tertiary/aromatic N) is 2. The van der Waals surface area contributed by atoms with E-state index in [1.165, 1.54) is 4.90 Å². The maximum absolute atomic E-state index is 11.5. The lowest BCUT2D eigenvalue weighted by Crippen LogP contribution is -2.52. The van der Waals surface area contributed by atoms with Crippen LogP contribution in [0.3, 0.4) is 0 Å². The first kappa shape index (κ1) is 11.4. The molecule has 1 rings (SSSR count). The molecule has 0 aromatic rings. The number of hydrogen-bond donors (Lipinski definition) is 1. The Morgan fingerprint density at radius 3 is 2.57 bits per heavy atom. The maximum atomic E-state index is 11.5. The highest BCUT2D eigenvalue weighted by atomic mass is 32.1. The Hall–Kier alpha value is -0.710.